The van der Waals surface area contributed by atoms with E-state index in [2.05, 4.69) is 194 Å². The first kappa shape index (κ1) is 99.7. The number of pyridine rings is 1. The Kier molecular flexibility index (Phi) is 32.9. The molecule has 24 rings (SSSR count). The number of benzene rings is 2. The van der Waals surface area contributed by atoms with Crippen LogP contribution in [0.3, 0.4) is 0 Å². The Morgan fingerprint density at radius 3 is 1.05 bits per heavy atom. The normalized spacial score (nSPS) is 21.9. The third-order valence-corrected chi connectivity index (χ3v) is 38.6. The number of halogens is 1. The molecular formula is C110H140ClN23O3S5. The molecule has 0 aliphatic heterocycles. The summed E-state index contributed by atoms with van der Waals surface area (Å²) in [6.07, 6.45) is 57.1. The largest absolute Gasteiger partial charge is 0.481 e. The molecule has 32 heteroatoms. The number of carbonyl (C=O) groups is 2. The number of likely N-dealkylation sites (N-methyl/N-ethyl adjacent to an activating group) is 2. The molecule has 9 N–H and O–H groups in total. The van der Waals surface area contributed by atoms with Crippen LogP contribution in [-0.2, 0) is 93.2 Å². The second kappa shape index (κ2) is 46.8. The van der Waals surface area contributed by atoms with Crippen LogP contribution in [0, 0.1) is 0 Å². The summed E-state index contributed by atoms with van der Waals surface area (Å²) < 4.78 is 0. The molecule has 0 saturated heterocycles. The zero-order valence-corrected chi connectivity index (χ0v) is 88.0. The lowest BCUT2D eigenvalue weighted by molar-refractivity contribution is -0.137. The van der Waals surface area contributed by atoms with E-state index >= 15 is 0 Å². The van der Waals surface area contributed by atoms with E-state index in [1.807, 2.05) is 88.1 Å². The number of primary amides is 1. The summed E-state index contributed by atoms with van der Waals surface area (Å²) in [5, 5.41) is 36.2. The Hall–Kier alpha value is -9.64. The molecule has 0 spiro atoms. The van der Waals surface area contributed by atoms with Crippen LogP contribution in [0.15, 0.2) is 111 Å². The van der Waals surface area contributed by atoms with E-state index in [0.717, 1.165) is 161 Å². The first-order valence-electron chi connectivity index (χ1n) is 52.7. The number of nitrogens with two attached hydrogens (primary N) is 1. The number of nitrogens with zero attached hydrogens (tertiary/aromatic N) is 16. The molecule has 0 atom stereocenters. The molecule has 0 radical (unpaired) electrons. The number of hydrogen-bond donors (Lipinski definition) is 8. The second-order valence-corrected chi connectivity index (χ2v) is 47.4. The number of thiophene rings is 5. The van der Waals surface area contributed by atoms with Gasteiger partial charge < -0.3 is 62.0 Å². The van der Waals surface area contributed by atoms with E-state index in [1.54, 1.807) is 31.6 Å². The van der Waals surface area contributed by atoms with Gasteiger partial charge in [-0.3, -0.25) is 19.5 Å². The van der Waals surface area contributed by atoms with Gasteiger partial charge in [0.05, 0.1) is 33.4 Å². The van der Waals surface area contributed by atoms with Crippen molar-refractivity contribution in [2.75, 3.05) is 88.0 Å². The molecule has 1 amide bonds. The minimum atomic E-state index is -0.719. The maximum absolute atomic E-state index is 11.0. The van der Waals surface area contributed by atoms with Crippen molar-refractivity contribution in [3.8, 4) is 0 Å². The molecule has 10 aliphatic carbocycles. The number of amides is 1. The first-order chi connectivity index (χ1) is 69.4. The van der Waals surface area contributed by atoms with Crippen LogP contribution in [-0.4, -0.2) is 223 Å². The average molecular weight is 2030 g/mol. The molecule has 12 heterocycles. The van der Waals surface area contributed by atoms with Crippen molar-refractivity contribution in [1.29, 1.82) is 0 Å². The van der Waals surface area contributed by atoms with Crippen LogP contribution in [0.2, 0.25) is 5.02 Å². The van der Waals surface area contributed by atoms with E-state index in [0.29, 0.717) is 73.4 Å². The predicted octanol–water partition coefficient (Wildman–Crippen LogP) is 21.7. The number of carboxylic acids is 1. The molecule has 0 bridgehead atoms. The van der Waals surface area contributed by atoms with Crippen LogP contribution < -0.4 is 32.3 Å². The zero-order valence-electron chi connectivity index (χ0n) is 83.2. The minimum Gasteiger partial charge on any atom is -0.481 e. The van der Waals surface area contributed by atoms with Gasteiger partial charge in [0.2, 0.25) is 5.91 Å². The number of rotatable bonds is 29. The highest BCUT2D eigenvalue weighted by molar-refractivity contribution is 7.20. The summed E-state index contributed by atoms with van der Waals surface area (Å²) >= 11 is 15.4. The van der Waals surface area contributed by atoms with Crippen molar-refractivity contribution < 1.29 is 14.7 Å². The van der Waals surface area contributed by atoms with E-state index in [-0.39, 0.29) is 12.3 Å². The highest BCUT2D eigenvalue weighted by Crippen LogP contribution is 2.47. The Bertz CT molecular complexity index is 6480. The Balaban J connectivity index is 0.000000109. The van der Waals surface area contributed by atoms with Gasteiger partial charge in [0.25, 0.3) is 0 Å². The van der Waals surface area contributed by atoms with Gasteiger partial charge in [0, 0.05) is 164 Å². The number of fused-ring (bicyclic) bond motifs is 16. The Labute approximate surface area is 859 Å². The molecule has 142 heavy (non-hydrogen) atoms. The molecule has 10 aliphatic rings. The summed E-state index contributed by atoms with van der Waals surface area (Å²) in [4.78, 5) is 101. The number of carbonyl (C=O) groups excluding carboxylic acids is 1. The molecule has 14 aromatic rings. The highest BCUT2D eigenvalue weighted by atomic mass is 35.5. The topological polar surface area (TPSA) is 314 Å². The average Bonchev–Trinajstić information content (AvgIpc) is 1.63. The van der Waals surface area contributed by atoms with E-state index in [9.17, 15) is 9.59 Å². The number of anilines is 5. The molecule has 0 unspecified atom stereocenters. The lowest BCUT2D eigenvalue weighted by atomic mass is 9.90. The summed E-state index contributed by atoms with van der Waals surface area (Å²) in [5.74, 6) is 4.31. The molecule has 26 nitrogen and oxygen atoms in total. The quantitative estimate of drug-likeness (QED) is 0.0216. The molecule has 750 valence electrons. The highest BCUT2D eigenvalue weighted by Gasteiger charge is 2.35. The monoisotopic (exact) mass is 2030 g/mol. The molecular weight excluding hydrogens is 1890 g/mol. The van der Waals surface area contributed by atoms with Gasteiger partial charge in [0.1, 0.15) is 84.9 Å². The lowest BCUT2D eigenvalue weighted by Gasteiger charge is -2.35. The molecule has 2 aromatic carbocycles. The minimum absolute atomic E-state index is 0.219. The summed E-state index contributed by atoms with van der Waals surface area (Å²) in [6.45, 7) is 4.54. The van der Waals surface area contributed by atoms with Crippen molar-refractivity contribution >= 4 is 171 Å². The number of aryl methyl sites for hydroxylation is 10. The van der Waals surface area contributed by atoms with Crippen molar-refractivity contribution in [1.82, 2.24) is 84.3 Å². The molecule has 12 aromatic heterocycles. The van der Waals surface area contributed by atoms with Crippen LogP contribution in [0.5, 0.6) is 0 Å². The van der Waals surface area contributed by atoms with Crippen LogP contribution >= 0.6 is 68.3 Å². The van der Waals surface area contributed by atoms with Crippen LogP contribution in [0.25, 0.3) is 62.0 Å². The van der Waals surface area contributed by atoms with E-state index < -0.39 is 5.97 Å². The smallest absolute Gasteiger partial charge is 0.304 e. The maximum atomic E-state index is 11.0. The summed E-state index contributed by atoms with van der Waals surface area (Å²) in [6, 6.07) is 28.5. The third kappa shape index (κ3) is 23.9. The fourth-order valence-corrected chi connectivity index (χ4v) is 30.6. The van der Waals surface area contributed by atoms with Crippen LogP contribution in [0.4, 0.5) is 29.1 Å². The SMILES string of the molecule is CN(CCC(=O)O)C1CCC(Nc2ncnc3sc4c(c23)CCC4)CC1.CN(CCC(N)=O)C1CCC(Nc2ncnc3sc4c(c23)CCC4)CC1.CN(CCc1cccc(Cl)c1)C1CCC(Nc2ncnc3sc4c(c23)CCC4)CC1.CN(CCc1ccccn1)C1CCC(Nc2ncnc3sc4c(c23)CCC4)CC1.CN(Cc1c[nH]c2ccccc12)C1CCC(Nc2ncnc3sc4c(c23)CCC4)CC1. The maximum Gasteiger partial charge on any atom is 0.304 e. The Morgan fingerprint density at radius 2 is 0.711 bits per heavy atom. The number of aromatic nitrogens is 12. The van der Waals surface area contributed by atoms with Crippen molar-refractivity contribution in [3.63, 3.8) is 0 Å². The number of hydrogen-bond acceptors (Lipinski definition) is 28. The van der Waals surface area contributed by atoms with Gasteiger partial charge in [-0.1, -0.05) is 48.0 Å². The predicted molar refractivity (Wildman–Crippen MR) is 585 cm³/mol. The van der Waals surface area contributed by atoms with Crippen molar-refractivity contribution in [2.24, 2.45) is 5.73 Å². The summed E-state index contributed by atoms with van der Waals surface area (Å²) in [7, 11) is 11.0. The third-order valence-electron chi connectivity index (χ3n) is 32.4. The summed E-state index contributed by atoms with van der Waals surface area (Å²) in [5.41, 5.74) is 17.9. The number of aliphatic carboxylic acids is 1. The molecule has 5 fully saturated rings. The standard InChI is InChI=1S/C25H29N5S.C24H29ClN4S.C23H29N5S.C19H27N5OS.C19H26N4O2S/c1-30(14-16-13-26-21-7-3-2-5-19(16)21)18-11-9-17(10-12-18)29-24-23-20-6-4-8-22(20)31-25(23)28-15-27-24;1-29(13-12-16-4-2-5-17(25)14-16)19-10-8-18(9-11-19)28-23-22-20-6-3-7-21(20)30-24(22)27-15-26-23;1-28(14-12-16-5-2-3-13-24-16)18-10-8-17(9-11-18)27-22-21-19-6-4-7-20(19)29-23(21)26-15-25-22;1-24(10-9-16(20)25)13-7-5-12(6-8-13)23-18-17-14-3-2-4-15(14)26-19(17)22-11-21-18;1-23(10-9-16(24)25)13-7-5-12(6-8-13)22-18-17-14-3-2-4-15(14)26-19(17)21-11-20-18/h2-3,5,7,13,15,17-18,26H,4,6,8-12,14H2,1H3,(H,27,28,29);2,4-5,14-15,18-19H,3,6-13H2,1H3,(H,26,27,28);2-3,5,13,15,17-18H,4,6-12,14H2,1H3,(H,25,26,27);11-13H,2-10H2,1H3,(H2,20,25)(H,21,22,23);11-13H,2-10H2,1H3,(H,24,25)(H,20,21,22). The fourth-order valence-electron chi connectivity index (χ4n) is 24.2. The van der Waals surface area contributed by atoms with Gasteiger partial charge >= 0.3 is 5.97 Å². The van der Waals surface area contributed by atoms with Gasteiger partial charge in [-0.05, 0) is 336 Å². The number of H-pyrrole nitrogens is 1. The first-order valence-corrected chi connectivity index (χ1v) is 57.2. The van der Waals surface area contributed by atoms with E-state index in [1.165, 1.54) is 267 Å². The van der Waals surface area contributed by atoms with Crippen molar-refractivity contribution in [3.05, 3.63) is 185 Å². The Morgan fingerprint density at radius 1 is 0.380 bits per heavy atom. The number of nitrogens with one attached hydrogen (secondary N) is 6. The van der Waals surface area contributed by atoms with Gasteiger partial charge in [0.15, 0.2) is 0 Å². The number of carboxylic acid groups (broad SMARTS) is 1. The number of para-hydroxylation sites is 1. The molecule has 5 saturated carbocycles. The second-order valence-electron chi connectivity index (χ2n) is 41.6. The van der Waals surface area contributed by atoms with Crippen molar-refractivity contribution in [2.45, 2.75) is 317 Å². The zero-order chi connectivity index (χ0) is 97.1. The fraction of sp³-hybridized carbons (Fsp3) is 0.536. The van der Waals surface area contributed by atoms with Gasteiger partial charge in [-0.15, -0.1) is 56.7 Å². The van der Waals surface area contributed by atoms with Gasteiger partial charge in [-0.25, -0.2) is 49.8 Å². The lowest BCUT2D eigenvalue weighted by Crippen LogP contribution is -2.39. The van der Waals surface area contributed by atoms with Crippen LogP contribution in [0.1, 0.15) is 242 Å². The van der Waals surface area contributed by atoms with Gasteiger partial charge in [-0.2, -0.15) is 0 Å². The number of aromatic amines is 1. The van der Waals surface area contributed by atoms with E-state index in [4.69, 9.17) is 22.4 Å².